The summed E-state index contributed by atoms with van der Waals surface area (Å²) in [5, 5.41) is 6.31. The minimum absolute atomic E-state index is 0.0427. The SMILES string of the molecule is CC(C(=O)NCC1CNC1)N1CCCCCC1. The molecule has 0 aromatic carbocycles. The summed E-state index contributed by atoms with van der Waals surface area (Å²) in [5.74, 6) is 0.856. The summed E-state index contributed by atoms with van der Waals surface area (Å²) in [4.78, 5) is 14.4. The maximum Gasteiger partial charge on any atom is 0.237 e. The zero-order valence-electron chi connectivity index (χ0n) is 10.9. The van der Waals surface area contributed by atoms with Gasteiger partial charge in [0.1, 0.15) is 0 Å². The Bertz CT molecular complexity index is 245. The fourth-order valence-corrected chi connectivity index (χ4v) is 2.53. The lowest BCUT2D eigenvalue weighted by Crippen LogP contribution is -2.51. The molecule has 1 amide bonds. The summed E-state index contributed by atoms with van der Waals surface area (Å²) < 4.78 is 0. The van der Waals surface area contributed by atoms with Gasteiger partial charge < -0.3 is 10.6 Å². The summed E-state index contributed by atoms with van der Waals surface area (Å²) in [6.07, 6.45) is 5.12. The van der Waals surface area contributed by atoms with Crippen LogP contribution in [-0.2, 0) is 4.79 Å². The predicted molar refractivity (Wildman–Crippen MR) is 68.9 cm³/mol. The van der Waals surface area contributed by atoms with Crippen LogP contribution in [0.3, 0.4) is 0 Å². The highest BCUT2D eigenvalue weighted by atomic mass is 16.2. The molecule has 4 heteroatoms. The van der Waals surface area contributed by atoms with E-state index in [1.807, 2.05) is 6.92 Å². The Labute approximate surface area is 104 Å². The molecule has 1 unspecified atom stereocenters. The van der Waals surface area contributed by atoms with Gasteiger partial charge in [0, 0.05) is 25.6 Å². The van der Waals surface area contributed by atoms with Crippen molar-refractivity contribution in [1.29, 1.82) is 0 Å². The molecule has 2 saturated heterocycles. The van der Waals surface area contributed by atoms with Gasteiger partial charge in [-0.1, -0.05) is 12.8 Å². The molecule has 4 nitrogen and oxygen atoms in total. The Balaban J connectivity index is 1.72. The summed E-state index contributed by atoms with van der Waals surface area (Å²) in [6, 6.07) is 0.0427. The summed E-state index contributed by atoms with van der Waals surface area (Å²) >= 11 is 0. The summed E-state index contributed by atoms with van der Waals surface area (Å²) in [5.41, 5.74) is 0. The van der Waals surface area contributed by atoms with E-state index in [1.54, 1.807) is 0 Å². The number of hydrogen-bond donors (Lipinski definition) is 2. The Morgan fingerprint density at radius 1 is 1.29 bits per heavy atom. The van der Waals surface area contributed by atoms with Crippen LogP contribution >= 0.6 is 0 Å². The van der Waals surface area contributed by atoms with Crippen molar-refractivity contribution >= 4 is 5.91 Å². The van der Waals surface area contributed by atoms with E-state index >= 15 is 0 Å². The third-order valence-corrected chi connectivity index (χ3v) is 4.00. The van der Waals surface area contributed by atoms with Crippen LogP contribution in [0.4, 0.5) is 0 Å². The van der Waals surface area contributed by atoms with Gasteiger partial charge in [0.25, 0.3) is 0 Å². The minimum Gasteiger partial charge on any atom is -0.354 e. The molecule has 2 heterocycles. The second-order valence-electron chi connectivity index (χ2n) is 5.40. The first-order valence-corrected chi connectivity index (χ1v) is 7.00. The third-order valence-electron chi connectivity index (χ3n) is 4.00. The Hall–Kier alpha value is -0.610. The highest BCUT2D eigenvalue weighted by Gasteiger charge is 2.23. The van der Waals surface area contributed by atoms with Crippen molar-refractivity contribution in [3.63, 3.8) is 0 Å². The number of likely N-dealkylation sites (tertiary alicyclic amines) is 1. The largest absolute Gasteiger partial charge is 0.354 e. The first kappa shape index (κ1) is 12.8. The average molecular weight is 239 g/mol. The van der Waals surface area contributed by atoms with E-state index in [2.05, 4.69) is 15.5 Å². The highest BCUT2D eigenvalue weighted by Crippen LogP contribution is 2.12. The first-order valence-electron chi connectivity index (χ1n) is 7.00. The fourth-order valence-electron chi connectivity index (χ4n) is 2.53. The lowest BCUT2D eigenvalue weighted by Gasteiger charge is -2.30. The van der Waals surface area contributed by atoms with Gasteiger partial charge in [0.2, 0.25) is 5.91 Å². The van der Waals surface area contributed by atoms with Gasteiger partial charge in [0.15, 0.2) is 0 Å². The highest BCUT2D eigenvalue weighted by molar-refractivity contribution is 5.81. The van der Waals surface area contributed by atoms with Gasteiger partial charge in [-0.05, 0) is 32.9 Å². The normalized spacial score (nSPS) is 24.8. The van der Waals surface area contributed by atoms with Gasteiger partial charge >= 0.3 is 0 Å². The van der Waals surface area contributed by atoms with Crippen LogP contribution in [0, 0.1) is 5.92 Å². The Kier molecular flexibility index (Phi) is 4.80. The quantitative estimate of drug-likeness (QED) is 0.754. The molecule has 98 valence electrons. The van der Waals surface area contributed by atoms with E-state index in [9.17, 15) is 4.79 Å². The van der Waals surface area contributed by atoms with Crippen LogP contribution in [-0.4, -0.2) is 49.6 Å². The standard InChI is InChI=1S/C13H25N3O/c1-11(16-6-4-2-3-5-7-16)13(17)15-10-12-8-14-9-12/h11-12,14H,2-10H2,1H3,(H,15,17). The number of nitrogens with zero attached hydrogens (tertiary/aromatic N) is 1. The molecule has 0 radical (unpaired) electrons. The van der Waals surface area contributed by atoms with Crippen molar-refractivity contribution in [2.45, 2.75) is 38.6 Å². The molecule has 17 heavy (non-hydrogen) atoms. The molecule has 1 atom stereocenters. The molecular formula is C13H25N3O. The van der Waals surface area contributed by atoms with Crippen molar-refractivity contribution in [3.05, 3.63) is 0 Å². The topological polar surface area (TPSA) is 44.4 Å². The molecule has 2 fully saturated rings. The first-order chi connectivity index (χ1) is 8.27. The molecule has 0 saturated carbocycles. The average Bonchev–Trinajstić information content (AvgIpc) is 2.54. The van der Waals surface area contributed by atoms with Crippen LogP contribution in [0.1, 0.15) is 32.6 Å². The van der Waals surface area contributed by atoms with Gasteiger partial charge in [-0.3, -0.25) is 9.69 Å². The van der Waals surface area contributed by atoms with E-state index in [4.69, 9.17) is 0 Å². The predicted octanol–water partition coefficient (Wildman–Crippen LogP) is 0.587. The maximum absolute atomic E-state index is 12.0. The van der Waals surface area contributed by atoms with Crippen LogP contribution in [0.15, 0.2) is 0 Å². The minimum atomic E-state index is 0.0427. The van der Waals surface area contributed by atoms with Gasteiger partial charge in [-0.15, -0.1) is 0 Å². The lowest BCUT2D eigenvalue weighted by molar-refractivity contribution is -0.126. The van der Waals surface area contributed by atoms with Crippen molar-refractivity contribution in [2.75, 3.05) is 32.7 Å². The number of carbonyl (C=O) groups is 1. The number of carbonyl (C=O) groups excluding carboxylic acids is 1. The molecule has 2 N–H and O–H groups in total. The monoisotopic (exact) mass is 239 g/mol. The molecule has 2 rings (SSSR count). The molecule has 0 spiro atoms. The van der Waals surface area contributed by atoms with E-state index < -0.39 is 0 Å². The van der Waals surface area contributed by atoms with Gasteiger partial charge in [-0.2, -0.15) is 0 Å². The molecule has 2 aliphatic heterocycles. The van der Waals surface area contributed by atoms with Gasteiger partial charge in [-0.25, -0.2) is 0 Å². The Morgan fingerprint density at radius 2 is 1.94 bits per heavy atom. The van der Waals surface area contributed by atoms with E-state index in [0.717, 1.165) is 32.7 Å². The molecule has 0 aromatic rings. The molecule has 0 aliphatic carbocycles. The molecular weight excluding hydrogens is 214 g/mol. The zero-order valence-corrected chi connectivity index (χ0v) is 10.9. The van der Waals surface area contributed by atoms with Gasteiger partial charge in [0.05, 0.1) is 6.04 Å². The fraction of sp³-hybridized carbons (Fsp3) is 0.923. The zero-order chi connectivity index (χ0) is 12.1. The molecule has 0 aromatic heterocycles. The van der Waals surface area contributed by atoms with Crippen molar-refractivity contribution in [1.82, 2.24) is 15.5 Å². The second kappa shape index (κ2) is 6.36. The number of rotatable bonds is 4. The maximum atomic E-state index is 12.0. The third kappa shape index (κ3) is 3.68. The van der Waals surface area contributed by atoms with Crippen molar-refractivity contribution in [2.24, 2.45) is 5.92 Å². The van der Waals surface area contributed by atoms with E-state index in [0.29, 0.717) is 5.92 Å². The van der Waals surface area contributed by atoms with Crippen LogP contribution in [0.5, 0.6) is 0 Å². The van der Waals surface area contributed by atoms with Crippen LogP contribution in [0.25, 0.3) is 0 Å². The smallest absolute Gasteiger partial charge is 0.237 e. The summed E-state index contributed by atoms with van der Waals surface area (Å²) in [7, 11) is 0. The van der Waals surface area contributed by atoms with Crippen LogP contribution < -0.4 is 10.6 Å². The molecule has 2 aliphatic rings. The molecule has 0 bridgehead atoms. The van der Waals surface area contributed by atoms with Crippen LogP contribution in [0.2, 0.25) is 0 Å². The number of amides is 1. The van der Waals surface area contributed by atoms with Crippen molar-refractivity contribution < 1.29 is 4.79 Å². The van der Waals surface area contributed by atoms with E-state index in [1.165, 1.54) is 25.7 Å². The van der Waals surface area contributed by atoms with E-state index in [-0.39, 0.29) is 11.9 Å². The Morgan fingerprint density at radius 3 is 2.47 bits per heavy atom. The number of nitrogens with one attached hydrogen (secondary N) is 2. The number of hydrogen-bond acceptors (Lipinski definition) is 3. The van der Waals surface area contributed by atoms with Crippen molar-refractivity contribution in [3.8, 4) is 0 Å². The summed E-state index contributed by atoms with van der Waals surface area (Å²) in [6.45, 7) is 7.15. The lowest BCUT2D eigenvalue weighted by atomic mass is 10.0. The second-order valence-corrected chi connectivity index (χ2v) is 5.40.